The van der Waals surface area contributed by atoms with E-state index >= 15 is 0 Å². The van der Waals surface area contributed by atoms with Crippen molar-refractivity contribution in [2.45, 2.75) is 19.3 Å². The van der Waals surface area contributed by atoms with Crippen LogP contribution in [0.3, 0.4) is 0 Å². The zero-order valence-corrected chi connectivity index (χ0v) is 16.9. The van der Waals surface area contributed by atoms with Gasteiger partial charge in [-0.3, -0.25) is 4.79 Å². The van der Waals surface area contributed by atoms with Crippen LogP contribution in [0.4, 0.5) is 5.69 Å². The smallest absolute Gasteiger partial charge is 0.230 e. The first-order valence-electron chi connectivity index (χ1n) is 9.63. The highest BCUT2D eigenvalue weighted by molar-refractivity contribution is 7.80. The van der Waals surface area contributed by atoms with Crippen LogP contribution < -0.4 is 15.4 Å². The lowest BCUT2D eigenvalue weighted by Crippen LogP contribution is -2.39. The summed E-state index contributed by atoms with van der Waals surface area (Å²) in [7, 11) is 0. The summed E-state index contributed by atoms with van der Waals surface area (Å²) >= 11 is 5.36. The lowest BCUT2D eigenvalue weighted by atomic mass is 9.94. The highest BCUT2D eigenvalue weighted by Gasteiger charge is 2.34. The third kappa shape index (κ3) is 4.46. The monoisotopic (exact) mass is 402 g/mol. The van der Waals surface area contributed by atoms with Gasteiger partial charge in [0, 0.05) is 17.7 Å². The normalized spacial score (nSPS) is 17.3. The van der Waals surface area contributed by atoms with Crippen LogP contribution in [0.25, 0.3) is 0 Å². The van der Waals surface area contributed by atoms with Gasteiger partial charge in [0.05, 0.1) is 0 Å². The topological polar surface area (TPSA) is 50.4 Å². The van der Waals surface area contributed by atoms with Crippen molar-refractivity contribution in [1.82, 2.24) is 5.32 Å². The minimum absolute atomic E-state index is 0.0529. The summed E-state index contributed by atoms with van der Waals surface area (Å²) in [5, 5.41) is 6.21. The molecule has 1 amide bonds. The minimum atomic E-state index is -0.111. The fraction of sp³-hybridized carbons (Fsp3) is 0.167. The maximum Gasteiger partial charge on any atom is 0.230 e. The first-order valence-corrected chi connectivity index (χ1v) is 10.0. The number of nitrogens with one attached hydrogen (secondary N) is 2. The molecule has 0 fully saturated rings. The van der Waals surface area contributed by atoms with Gasteiger partial charge in [0.15, 0.2) is 5.11 Å². The van der Waals surface area contributed by atoms with E-state index in [0.29, 0.717) is 5.75 Å². The summed E-state index contributed by atoms with van der Waals surface area (Å²) in [4.78, 5) is 12.8. The summed E-state index contributed by atoms with van der Waals surface area (Å²) in [6.45, 7) is 2.09. The first kappa shape index (κ1) is 19.2. The summed E-state index contributed by atoms with van der Waals surface area (Å²) in [6.07, 6.45) is 0.742. The number of rotatable bonds is 4. The molecule has 3 aromatic carbocycles. The Morgan fingerprint density at radius 2 is 1.69 bits per heavy atom. The van der Waals surface area contributed by atoms with Crippen LogP contribution in [0.5, 0.6) is 11.5 Å². The fourth-order valence-corrected chi connectivity index (χ4v) is 3.96. The number of anilines is 1. The van der Waals surface area contributed by atoms with Crippen LogP contribution >= 0.6 is 12.2 Å². The Morgan fingerprint density at radius 3 is 2.48 bits per heavy atom. The molecular formula is C24H22N2O2S. The molecule has 0 aliphatic heterocycles. The molecular weight excluding hydrogens is 380 g/mol. The third-order valence-electron chi connectivity index (χ3n) is 5.23. The van der Waals surface area contributed by atoms with Gasteiger partial charge in [-0.2, -0.15) is 0 Å². The molecule has 4 rings (SSSR count). The molecule has 2 N–H and O–H groups in total. The molecule has 2 atom stereocenters. The van der Waals surface area contributed by atoms with E-state index in [0.717, 1.165) is 17.9 Å². The Morgan fingerprint density at radius 1 is 0.966 bits per heavy atom. The number of thiocarbonyl (C=S) groups is 1. The van der Waals surface area contributed by atoms with E-state index in [1.165, 1.54) is 11.1 Å². The van der Waals surface area contributed by atoms with E-state index in [1.54, 1.807) is 0 Å². The Kier molecular flexibility index (Phi) is 5.58. The van der Waals surface area contributed by atoms with Crippen molar-refractivity contribution in [3.63, 3.8) is 0 Å². The number of benzene rings is 3. The third-order valence-corrected chi connectivity index (χ3v) is 5.44. The van der Waals surface area contributed by atoms with E-state index in [1.807, 2.05) is 66.7 Å². The van der Waals surface area contributed by atoms with Crippen molar-refractivity contribution < 1.29 is 9.53 Å². The molecule has 5 heteroatoms. The largest absolute Gasteiger partial charge is 0.457 e. The number of hydrogen-bond donors (Lipinski definition) is 2. The van der Waals surface area contributed by atoms with E-state index in [2.05, 4.69) is 29.7 Å². The van der Waals surface area contributed by atoms with Gasteiger partial charge in [0.1, 0.15) is 11.5 Å². The number of carbonyl (C=O) groups excluding carboxylic acids is 1. The molecule has 0 saturated carbocycles. The van der Waals surface area contributed by atoms with Crippen molar-refractivity contribution in [1.29, 1.82) is 0 Å². The van der Waals surface area contributed by atoms with Gasteiger partial charge >= 0.3 is 0 Å². The molecule has 1 aliphatic rings. The Labute approximate surface area is 175 Å². The maximum atomic E-state index is 12.8. The predicted molar refractivity (Wildman–Crippen MR) is 119 cm³/mol. The highest BCUT2D eigenvalue weighted by Crippen LogP contribution is 2.37. The first-order chi connectivity index (χ1) is 14.1. The number of amides is 1. The summed E-state index contributed by atoms with van der Waals surface area (Å²) in [5.74, 6) is 1.46. The molecule has 0 radical (unpaired) electrons. The number of fused-ring (bicyclic) bond motifs is 1. The van der Waals surface area contributed by atoms with Crippen LogP contribution in [0.2, 0.25) is 0 Å². The zero-order chi connectivity index (χ0) is 20.2. The average molecular weight is 403 g/mol. The SMILES string of the molecule is CC1c2ccccc2CC1C(=O)NC(=S)Nc1cccc(Oc2ccccc2)c1. The molecule has 29 heavy (non-hydrogen) atoms. The van der Waals surface area contributed by atoms with Gasteiger partial charge < -0.3 is 15.4 Å². The van der Waals surface area contributed by atoms with Gasteiger partial charge in [0.2, 0.25) is 5.91 Å². The van der Waals surface area contributed by atoms with Crippen molar-refractivity contribution in [2.75, 3.05) is 5.32 Å². The van der Waals surface area contributed by atoms with Crippen molar-refractivity contribution in [3.8, 4) is 11.5 Å². The van der Waals surface area contributed by atoms with Gasteiger partial charge in [-0.25, -0.2) is 0 Å². The van der Waals surface area contributed by atoms with Crippen LogP contribution in [0.1, 0.15) is 24.0 Å². The molecule has 0 aromatic heterocycles. The fourth-order valence-electron chi connectivity index (χ4n) is 3.74. The van der Waals surface area contributed by atoms with E-state index < -0.39 is 0 Å². The van der Waals surface area contributed by atoms with Crippen molar-refractivity contribution in [2.24, 2.45) is 5.92 Å². The molecule has 146 valence electrons. The average Bonchev–Trinajstić information content (AvgIpc) is 3.06. The van der Waals surface area contributed by atoms with Crippen molar-refractivity contribution >= 4 is 28.9 Å². The van der Waals surface area contributed by atoms with Crippen LogP contribution in [-0.2, 0) is 11.2 Å². The molecule has 2 unspecified atom stereocenters. The number of hydrogen-bond acceptors (Lipinski definition) is 3. The standard InChI is InChI=1S/C24H22N2O2S/c1-16-21-13-6-5-8-17(21)14-22(16)23(27)26-24(29)25-18-9-7-12-20(15-18)28-19-10-3-2-4-11-19/h2-13,15-16,22H,14H2,1H3,(H2,25,26,27,29). The zero-order valence-electron chi connectivity index (χ0n) is 16.1. The van der Waals surface area contributed by atoms with Gasteiger partial charge in [-0.1, -0.05) is 55.5 Å². The van der Waals surface area contributed by atoms with E-state index in [-0.39, 0.29) is 22.9 Å². The van der Waals surface area contributed by atoms with Gasteiger partial charge in [-0.15, -0.1) is 0 Å². The number of para-hydroxylation sites is 1. The summed E-state index contributed by atoms with van der Waals surface area (Å²) in [5.41, 5.74) is 3.24. The van der Waals surface area contributed by atoms with Gasteiger partial charge in [0.25, 0.3) is 0 Å². The van der Waals surface area contributed by atoms with Crippen molar-refractivity contribution in [3.05, 3.63) is 90.0 Å². The Balaban J connectivity index is 1.36. The second kappa shape index (κ2) is 8.45. The lowest BCUT2D eigenvalue weighted by Gasteiger charge is -2.17. The lowest BCUT2D eigenvalue weighted by molar-refractivity contribution is -0.123. The Hall–Kier alpha value is -3.18. The molecule has 4 nitrogen and oxygen atoms in total. The predicted octanol–water partition coefficient (Wildman–Crippen LogP) is 5.27. The molecule has 0 heterocycles. The molecule has 0 bridgehead atoms. The second-order valence-corrected chi connectivity index (χ2v) is 7.59. The quantitative estimate of drug-likeness (QED) is 0.584. The van der Waals surface area contributed by atoms with Crippen LogP contribution in [-0.4, -0.2) is 11.0 Å². The molecule has 0 spiro atoms. The second-order valence-electron chi connectivity index (χ2n) is 7.18. The highest BCUT2D eigenvalue weighted by atomic mass is 32.1. The molecule has 3 aromatic rings. The minimum Gasteiger partial charge on any atom is -0.457 e. The maximum absolute atomic E-state index is 12.8. The van der Waals surface area contributed by atoms with E-state index in [9.17, 15) is 4.79 Å². The van der Waals surface area contributed by atoms with Gasteiger partial charge in [-0.05, 0) is 59.9 Å². The summed E-state index contributed by atoms with van der Waals surface area (Å²) < 4.78 is 5.84. The number of ether oxygens (including phenoxy) is 1. The summed E-state index contributed by atoms with van der Waals surface area (Å²) in [6, 6.07) is 25.3. The van der Waals surface area contributed by atoms with Crippen LogP contribution in [0.15, 0.2) is 78.9 Å². The molecule has 0 saturated heterocycles. The van der Waals surface area contributed by atoms with Crippen LogP contribution in [0, 0.1) is 5.92 Å². The Bertz CT molecular complexity index is 1040. The van der Waals surface area contributed by atoms with E-state index in [4.69, 9.17) is 17.0 Å². The number of carbonyl (C=O) groups is 1. The molecule has 1 aliphatic carbocycles.